The zero-order valence-corrected chi connectivity index (χ0v) is 12.8. The summed E-state index contributed by atoms with van der Waals surface area (Å²) < 4.78 is 5.13. The summed E-state index contributed by atoms with van der Waals surface area (Å²) in [5, 5.41) is 0. The maximum Gasteiger partial charge on any atom is 0.179 e. The maximum absolute atomic E-state index is 12.6. The van der Waals surface area contributed by atoms with Crippen LogP contribution in [0.1, 0.15) is 43.5 Å². The monoisotopic (exact) mass is 275 g/mol. The number of carbonyl (C=O) groups is 1. The average Bonchev–Trinajstić information content (AvgIpc) is 3.29. The lowest BCUT2D eigenvalue weighted by atomic mass is 10.0. The minimum atomic E-state index is -0.0380. The molecule has 0 heterocycles. The van der Waals surface area contributed by atoms with Gasteiger partial charge in [0.25, 0.3) is 0 Å². The summed E-state index contributed by atoms with van der Waals surface area (Å²) in [6.07, 6.45) is 3.74. The molecule has 1 atom stereocenters. The fraction of sp³-hybridized carbons (Fsp3) is 0.588. The molecule has 20 heavy (non-hydrogen) atoms. The smallest absolute Gasteiger partial charge is 0.179 e. The van der Waals surface area contributed by atoms with Crippen molar-refractivity contribution in [3.05, 3.63) is 29.8 Å². The summed E-state index contributed by atoms with van der Waals surface area (Å²) in [7, 11) is 1.64. The van der Waals surface area contributed by atoms with E-state index in [0.717, 1.165) is 36.7 Å². The van der Waals surface area contributed by atoms with Gasteiger partial charge in [0.05, 0.1) is 13.2 Å². The summed E-state index contributed by atoms with van der Waals surface area (Å²) in [5.74, 6) is 1.81. The largest absolute Gasteiger partial charge is 0.497 e. The number of nitrogens with zero attached hydrogens (tertiary/aromatic N) is 1. The van der Waals surface area contributed by atoms with Crippen molar-refractivity contribution in [3.63, 3.8) is 0 Å². The summed E-state index contributed by atoms with van der Waals surface area (Å²) >= 11 is 0. The lowest BCUT2D eigenvalue weighted by Crippen LogP contribution is -2.40. The van der Waals surface area contributed by atoms with E-state index in [9.17, 15) is 4.79 Å². The van der Waals surface area contributed by atoms with Crippen molar-refractivity contribution in [2.45, 2.75) is 39.2 Å². The Hall–Kier alpha value is -1.35. The molecule has 2 rings (SSSR count). The van der Waals surface area contributed by atoms with Gasteiger partial charge in [-0.1, -0.05) is 6.92 Å². The van der Waals surface area contributed by atoms with Gasteiger partial charge in [-0.25, -0.2) is 0 Å². The van der Waals surface area contributed by atoms with Gasteiger partial charge in [0, 0.05) is 12.1 Å². The summed E-state index contributed by atoms with van der Waals surface area (Å²) in [6, 6.07) is 7.39. The predicted octanol–water partition coefficient (Wildman–Crippen LogP) is 3.39. The molecule has 0 radical (unpaired) electrons. The number of ether oxygens (including phenoxy) is 1. The topological polar surface area (TPSA) is 29.5 Å². The van der Waals surface area contributed by atoms with Crippen LogP contribution in [0.25, 0.3) is 0 Å². The standard InChI is InChI=1S/C17H25NO2/c1-4-11-18(12-14-5-6-14)13(2)17(19)15-7-9-16(20-3)10-8-15/h7-10,13-14H,4-6,11-12H2,1-3H3. The van der Waals surface area contributed by atoms with E-state index in [4.69, 9.17) is 4.74 Å². The highest BCUT2D eigenvalue weighted by molar-refractivity contribution is 5.99. The number of Topliss-reactive ketones (excluding diaryl/α,β-unsaturated/α-hetero) is 1. The summed E-state index contributed by atoms with van der Waals surface area (Å²) in [4.78, 5) is 14.9. The Bertz CT molecular complexity index is 437. The molecule has 0 bridgehead atoms. The zero-order valence-electron chi connectivity index (χ0n) is 12.8. The Morgan fingerprint density at radius 2 is 2.00 bits per heavy atom. The van der Waals surface area contributed by atoms with E-state index in [2.05, 4.69) is 11.8 Å². The first-order chi connectivity index (χ1) is 9.65. The first-order valence-electron chi connectivity index (χ1n) is 7.58. The number of methoxy groups -OCH3 is 1. The predicted molar refractivity (Wildman–Crippen MR) is 81.4 cm³/mol. The molecule has 3 heteroatoms. The molecule has 1 fully saturated rings. The minimum absolute atomic E-state index is 0.0380. The molecule has 0 spiro atoms. The fourth-order valence-corrected chi connectivity index (χ4v) is 2.52. The zero-order chi connectivity index (χ0) is 14.5. The van der Waals surface area contributed by atoms with Crippen LogP contribution >= 0.6 is 0 Å². The second-order valence-electron chi connectivity index (χ2n) is 5.71. The van der Waals surface area contributed by atoms with Crippen LogP contribution in [-0.2, 0) is 0 Å². The third-order valence-corrected chi connectivity index (χ3v) is 4.00. The Morgan fingerprint density at radius 1 is 1.35 bits per heavy atom. The molecule has 0 saturated heterocycles. The molecule has 1 aliphatic rings. The first-order valence-corrected chi connectivity index (χ1v) is 7.58. The first kappa shape index (κ1) is 15.0. The number of benzene rings is 1. The lowest BCUT2D eigenvalue weighted by molar-refractivity contribution is 0.0831. The minimum Gasteiger partial charge on any atom is -0.497 e. The van der Waals surface area contributed by atoms with Gasteiger partial charge in [0.1, 0.15) is 5.75 Å². The Balaban J connectivity index is 2.03. The highest BCUT2D eigenvalue weighted by atomic mass is 16.5. The van der Waals surface area contributed by atoms with E-state index in [1.807, 2.05) is 31.2 Å². The van der Waals surface area contributed by atoms with Crippen LogP contribution < -0.4 is 4.74 Å². The lowest BCUT2D eigenvalue weighted by Gasteiger charge is -2.27. The number of hydrogen-bond donors (Lipinski definition) is 0. The summed E-state index contributed by atoms with van der Waals surface area (Å²) in [6.45, 7) is 6.27. The van der Waals surface area contributed by atoms with Gasteiger partial charge in [-0.15, -0.1) is 0 Å². The van der Waals surface area contributed by atoms with Crippen LogP contribution in [0.15, 0.2) is 24.3 Å². The van der Waals surface area contributed by atoms with Gasteiger partial charge in [-0.2, -0.15) is 0 Å². The average molecular weight is 275 g/mol. The highest BCUT2D eigenvalue weighted by Gasteiger charge is 2.29. The van der Waals surface area contributed by atoms with Crippen molar-refractivity contribution in [2.24, 2.45) is 5.92 Å². The van der Waals surface area contributed by atoms with Crippen LogP contribution in [-0.4, -0.2) is 36.9 Å². The molecule has 110 valence electrons. The fourth-order valence-electron chi connectivity index (χ4n) is 2.52. The summed E-state index contributed by atoms with van der Waals surface area (Å²) in [5.41, 5.74) is 0.773. The van der Waals surface area contributed by atoms with E-state index < -0.39 is 0 Å². The molecule has 1 aromatic carbocycles. The van der Waals surface area contributed by atoms with Crippen molar-refractivity contribution >= 4 is 5.78 Å². The molecule has 1 saturated carbocycles. The van der Waals surface area contributed by atoms with Gasteiger partial charge in [0.15, 0.2) is 5.78 Å². The van der Waals surface area contributed by atoms with Crippen molar-refractivity contribution in [1.29, 1.82) is 0 Å². The van der Waals surface area contributed by atoms with Crippen LogP contribution in [0.5, 0.6) is 5.75 Å². The Kier molecular flexibility index (Phi) is 5.18. The van der Waals surface area contributed by atoms with E-state index in [-0.39, 0.29) is 11.8 Å². The molecule has 0 aromatic heterocycles. The van der Waals surface area contributed by atoms with Crippen molar-refractivity contribution in [3.8, 4) is 5.75 Å². The van der Waals surface area contributed by atoms with Gasteiger partial charge in [0.2, 0.25) is 0 Å². The number of hydrogen-bond acceptors (Lipinski definition) is 3. The molecular formula is C17H25NO2. The maximum atomic E-state index is 12.6. The third-order valence-electron chi connectivity index (χ3n) is 4.00. The SMILES string of the molecule is CCCN(CC1CC1)C(C)C(=O)c1ccc(OC)cc1. The van der Waals surface area contributed by atoms with E-state index in [0.29, 0.717) is 0 Å². The molecular weight excluding hydrogens is 250 g/mol. The molecule has 0 N–H and O–H groups in total. The van der Waals surface area contributed by atoms with Gasteiger partial charge < -0.3 is 4.74 Å². The third kappa shape index (κ3) is 3.83. The van der Waals surface area contributed by atoms with Gasteiger partial charge in [-0.3, -0.25) is 9.69 Å². The molecule has 0 aliphatic heterocycles. The van der Waals surface area contributed by atoms with E-state index in [1.165, 1.54) is 12.8 Å². The normalized spacial score (nSPS) is 16.2. The van der Waals surface area contributed by atoms with Crippen LogP contribution in [0.4, 0.5) is 0 Å². The van der Waals surface area contributed by atoms with Crippen molar-refractivity contribution in [1.82, 2.24) is 4.90 Å². The molecule has 0 amide bonds. The number of rotatable bonds is 8. The van der Waals surface area contributed by atoms with Gasteiger partial charge in [-0.05, 0) is 62.9 Å². The molecule has 1 unspecified atom stereocenters. The van der Waals surface area contributed by atoms with E-state index in [1.54, 1.807) is 7.11 Å². The van der Waals surface area contributed by atoms with Gasteiger partial charge >= 0.3 is 0 Å². The molecule has 3 nitrogen and oxygen atoms in total. The van der Waals surface area contributed by atoms with Crippen LogP contribution in [0, 0.1) is 5.92 Å². The Morgan fingerprint density at radius 3 is 2.50 bits per heavy atom. The second-order valence-corrected chi connectivity index (χ2v) is 5.71. The molecule has 1 aromatic rings. The number of carbonyl (C=O) groups excluding carboxylic acids is 1. The van der Waals surface area contributed by atoms with Crippen molar-refractivity contribution < 1.29 is 9.53 Å². The van der Waals surface area contributed by atoms with Crippen LogP contribution in [0.2, 0.25) is 0 Å². The van der Waals surface area contributed by atoms with E-state index >= 15 is 0 Å². The number of ketones is 1. The van der Waals surface area contributed by atoms with Crippen LogP contribution in [0.3, 0.4) is 0 Å². The molecule has 1 aliphatic carbocycles. The Labute approximate surface area is 121 Å². The van der Waals surface area contributed by atoms with Crippen molar-refractivity contribution in [2.75, 3.05) is 20.2 Å². The quantitative estimate of drug-likeness (QED) is 0.681. The second kappa shape index (κ2) is 6.89. The highest BCUT2D eigenvalue weighted by Crippen LogP contribution is 2.30.